The van der Waals surface area contributed by atoms with Gasteiger partial charge in [-0.25, -0.2) is 4.79 Å². The van der Waals surface area contributed by atoms with Crippen molar-refractivity contribution in [2.24, 2.45) is 10.7 Å². The van der Waals surface area contributed by atoms with Gasteiger partial charge in [0, 0.05) is 37.8 Å². The molecule has 0 aliphatic carbocycles. The van der Waals surface area contributed by atoms with Crippen molar-refractivity contribution in [3.8, 4) is 0 Å². The number of amides is 1. The molecule has 0 aliphatic rings. The summed E-state index contributed by atoms with van der Waals surface area (Å²) in [6.07, 6.45) is 4.32. The van der Waals surface area contributed by atoms with Gasteiger partial charge in [0.25, 0.3) is 0 Å². The molecular formula is C15H22N4O2. The Labute approximate surface area is 125 Å². The zero-order chi connectivity index (χ0) is 15.9. The number of nitrogens with one attached hydrogen (secondary N) is 1. The Morgan fingerprint density at radius 2 is 2.19 bits per heavy atom. The van der Waals surface area contributed by atoms with Gasteiger partial charge in [-0.05, 0) is 32.4 Å². The molecule has 0 saturated heterocycles. The van der Waals surface area contributed by atoms with Crippen LogP contribution in [0.2, 0.25) is 0 Å². The molecule has 3 N–H and O–H groups in total. The summed E-state index contributed by atoms with van der Waals surface area (Å²) in [5, 5.41) is 2.68. The van der Waals surface area contributed by atoms with Crippen LogP contribution in [0.15, 0.2) is 29.5 Å². The van der Waals surface area contributed by atoms with Crippen molar-refractivity contribution in [3.63, 3.8) is 0 Å². The molecule has 1 aromatic heterocycles. The van der Waals surface area contributed by atoms with Gasteiger partial charge >= 0.3 is 6.09 Å². The number of pyridine rings is 1. The van der Waals surface area contributed by atoms with Crippen molar-refractivity contribution in [2.45, 2.75) is 32.9 Å². The quantitative estimate of drug-likeness (QED) is 0.831. The Morgan fingerprint density at radius 1 is 1.48 bits per heavy atom. The Kier molecular flexibility index (Phi) is 5.90. The van der Waals surface area contributed by atoms with E-state index >= 15 is 0 Å². The van der Waals surface area contributed by atoms with Crippen molar-refractivity contribution in [1.82, 2.24) is 10.3 Å². The highest BCUT2D eigenvalue weighted by Crippen LogP contribution is 2.10. The lowest BCUT2D eigenvalue weighted by atomic mass is 10.1. The third-order valence-electron chi connectivity index (χ3n) is 2.40. The van der Waals surface area contributed by atoms with E-state index in [1.54, 1.807) is 19.5 Å². The van der Waals surface area contributed by atoms with Gasteiger partial charge in [0.1, 0.15) is 5.60 Å². The van der Waals surface area contributed by atoms with Gasteiger partial charge in [0.15, 0.2) is 0 Å². The van der Waals surface area contributed by atoms with Gasteiger partial charge in [-0.15, -0.1) is 0 Å². The molecule has 1 heterocycles. The summed E-state index contributed by atoms with van der Waals surface area (Å²) in [6, 6.07) is 3.69. The van der Waals surface area contributed by atoms with Crippen LogP contribution in [0.5, 0.6) is 0 Å². The third kappa shape index (κ3) is 6.07. The number of alkyl carbamates (subject to hydrolysis) is 1. The van der Waals surface area contributed by atoms with Gasteiger partial charge < -0.3 is 15.8 Å². The molecule has 6 heteroatoms. The minimum Gasteiger partial charge on any atom is -0.444 e. The van der Waals surface area contributed by atoms with E-state index in [9.17, 15) is 4.79 Å². The van der Waals surface area contributed by atoms with Gasteiger partial charge in [-0.3, -0.25) is 9.98 Å². The number of rotatable bonds is 4. The molecule has 0 aliphatic heterocycles. The van der Waals surface area contributed by atoms with Crippen molar-refractivity contribution in [3.05, 3.63) is 35.8 Å². The van der Waals surface area contributed by atoms with Gasteiger partial charge in [0.05, 0.1) is 5.69 Å². The second-order valence-electron chi connectivity index (χ2n) is 5.42. The first kappa shape index (κ1) is 16.7. The molecule has 0 radical (unpaired) electrons. The predicted molar refractivity (Wildman–Crippen MR) is 83.9 cm³/mol. The molecule has 0 fully saturated rings. The molecule has 0 unspecified atom stereocenters. The van der Waals surface area contributed by atoms with Crippen LogP contribution in [0, 0.1) is 0 Å². The van der Waals surface area contributed by atoms with E-state index in [2.05, 4.69) is 15.3 Å². The maximum atomic E-state index is 11.5. The minimum absolute atomic E-state index is 0.353. The Bertz CT molecular complexity index is 528. The van der Waals surface area contributed by atoms with Crippen molar-refractivity contribution < 1.29 is 9.53 Å². The lowest BCUT2D eigenvalue weighted by molar-refractivity contribution is 0.0523. The van der Waals surface area contributed by atoms with Crippen LogP contribution in [0.25, 0.3) is 5.57 Å². The van der Waals surface area contributed by atoms with Crippen LogP contribution in [-0.2, 0) is 11.3 Å². The van der Waals surface area contributed by atoms with E-state index in [1.807, 2.05) is 32.9 Å². The van der Waals surface area contributed by atoms with E-state index in [0.717, 1.165) is 16.8 Å². The van der Waals surface area contributed by atoms with Crippen molar-refractivity contribution >= 4 is 17.9 Å². The molecule has 0 aromatic carbocycles. The minimum atomic E-state index is -0.507. The van der Waals surface area contributed by atoms with E-state index in [4.69, 9.17) is 10.5 Å². The van der Waals surface area contributed by atoms with Gasteiger partial charge in [0.2, 0.25) is 0 Å². The molecule has 0 spiro atoms. The molecule has 6 nitrogen and oxygen atoms in total. The highest BCUT2D eigenvalue weighted by atomic mass is 16.6. The monoisotopic (exact) mass is 290 g/mol. The summed E-state index contributed by atoms with van der Waals surface area (Å²) in [6.45, 7) is 5.81. The average Bonchev–Trinajstić information content (AvgIpc) is 2.41. The molecule has 114 valence electrons. The van der Waals surface area contributed by atoms with Gasteiger partial charge in [-0.1, -0.05) is 6.07 Å². The fraction of sp³-hybridized carbons (Fsp3) is 0.400. The largest absolute Gasteiger partial charge is 0.444 e. The SMILES string of the molecule is CN=CC(=CN)c1ccc(CNC(=O)OC(C)(C)C)cn1. The van der Waals surface area contributed by atoms with E-state index in [0.29, 0.717) is 6.54 Å². The zero-order valence-electron chi connectivity index (χ0n) is 12.9. The lowest BCUT2D eigenvalue weighted by Gasteiger charge is -2.19. The Hall–Kier alpha value is -2.37. The van der Waals surface area contributed by atoms with Crippen LogP contribution in [-0.4, -0.2) is 29.9 Å². The second kappa shape index (κ2) is 7.42. The molecule has 1 amide bonds. The highest BCUT2D eigenvalue weighted by molar-refractivity contribution is 6.08. The summed E-state index contributed by atoms with van der Waals surface area (Å²) in [7, 11) is 1.67. The number of hydrogen-bond donors (Lipinski definition) is 2. The number of carbonyl (C=O) groups is 1. The predicted octanol–water partition coefficient (Wildman–Crippen LogP) is 2.11. The zero-order valence-corrected chi connectivity index (χ0v) is 12.9. The molecular weight excluding hydrogens is 268 g/mol. The highest BCUT2D eigenvalue weighted by Gasteiger charge is 2.15. The van der Waals surface area contributed by atoms with Crippen LogP contribution in [0.4, 0.5) is 4.79 Å². The first-order valence-electron chi connectivity index (χ1n) is 6.62. The number of carbonyl (C=O) groups excluding carboxylic acids is 1. The first-order chi connectivity index (χ1) is 9.85. The van der Waals surface area contributed by atoms with E-state index in [1.165, 1.54) is 6.20 Å². The summed E-state index contributed by atoms with van der Waals surface area (Å²) in [4.78, 5) is 19.7. The lowest BCUT2D eigenvalue weighted by Crippen LogP contribution is -2.32. The Balaban J connectivity index is 2.61. The van der Waals surface area contributed by atoms with Gasteiger partial charge in [-0.2, -0.15) is 0 Å². The van der Waals surface area contributed by atoms with E-state index < -0.39 is 11.7 Å². The molecule has 1 rings (SSSR count). The smallest absolute Gasteiger partial charge is 0.407 e. The van der Waals surface area contributed by atoms with Crippen LogP contribution >= 0.6 is 0 Å². The summed E-state index contributed by atoms with van der Waals surface area (Å²) >= 11 is 0. The number of aromatic nitrogens is 1. The number of ether oxygens (including phenoxy) is 1. The first-order valence-corrected chi connectivity index (χ1v) is 6.62. The van der Waals surface area contributed by atoms with Crippen molar-refractivity contribution in [2.75, 3.05) is 7.05 Å². The van der Waals surface area contributed by atoms with Crippen LogP contribution < -0.4 is 11.1 Å². The topological polar surface area (TPSA) is 89.6 Å². The molecule has 1 aromatic rings. The van der Waals surface area contributed by atoms with Crippen LogP contribution in [0.1, 0.15) is 32.0 Å². The van der Waals surface area contributed by atoms with Crippen molar-refractivity contribution in [1.29, 1.82) is 0 Å². The number of hydrogen-bond acceptors (Lipinski definition) is 5. The fourth-order valence-corrected chi connectivity index (χ4v) is 1.52. The Morgan fingerprint density at radius 3 is 2.67 bits per heavy atom. The molecule has 0 saturated carbocycles. The maximum absolute atomic E-state index is 11.5. The van der Waals surface area contributed by atoms with E-state index in [-0.39, 0.29) is 0 Å². The normalized spacial score (nSPS) is 12.5. The summed E-state index contributed by atoms with van der Waals surface area (Å²) < 4.78 is 5.16. The standard InChI is InChI=1S/C15H22N4O2/c1-15(2,3)21-14(20)19-9-11-5-6-13(18-8-11)12(7-16)10-17-4/h5-8,10H,9,16H2,1-4H3,(H,19,20). The number of allylic oxidation sites excluding steroid dienone is 1. The number of nitrogens with two attached hydrogens (primary N) is 1. The third-order valence-corrected chi connectivity index (χ3v) is 2.40. The number of aliphatic imine (C=N–C) groups is 1. The second-order valence-corrected chi connectivity index (χ2v) is 5.42. The molecule has 0 atom stereocenters. The summed E-state index contributed by atoms with van der Waals surface area (Å²) in [5.41, 5.74) is 7.35. The number of nitrogens with zero attached hydrogens (tertiary/aromatic N) is 2. The van der Waals surface area contributed by atoms with Crippen LogP contribution in [0.3, 0.4) is 0 Å². The summed E-state index contributed by atoms with van der Waals surface area (Å²) in [5.74, 6) is 0. The average molecular weight is 290 g/mol. The maximum Gasteiger partial charge on any atom is 0.407 e. The molecule has 0 bridgehead atoms. The fourth-order valence-electron chi connectivity index (χ4n) is 1.52. The molecule has 21 heavy (non-hydrogen) atoms.